The van der Waals surface area contributed by atoms with Crippen molar-refractivity contribution in [2.45, 2.75) is 19.8 Å². The molecule has 0 aliphatic carbocycles. The Morgan fingerprint density at radius 2 is 1.71 bits per heavy atom. The Bertz CT molecular complexity index is 1010. The number of nitrogens with zero attached hydrogens (tertiary/aromatic N) is 4. The minimum absolute atomic E-state index is 0.811. The molecule has 0 N–H and O–H groups in total. The van der Waals surface area contributed by atoms with Crippen LogP contribution in [0.15, 0.2) is 48.5 Å². The first-order chi connectivity index (χ1) is 11.8. The molecule has 0 spiro atoms. The second-order valence-corrected chi connectivity index (χ2v) is 5.72. The maximum Gasteiger partial charge on any atom is 0.185 e. The van der Waals surface area contributed by atoms with Gasteiger partial charge in [-0.3, -0.25) is 0 Å². The van der Waals surface area contributed by atoms with E-state index >= 15 is 0 Å². The van der Waals surface area contributed by atoms with Crippen LogP contribution in [0.1, 0.15) is 19.2 Å². The number of aryl methyl sites for hydroxylation is 1. The van der Waals surface area contributed by atoms with Crippen LogP contribution in [0.4, 0.5) is 0 Å². The zero-order valence-corrected chi connectivity index (χ0v) is 13.7. The maximum absolute atomic E-state index is 5.26. The first-order valence-electron chi connectivity index (χ1n) is 8.09. The molecule has 24 heavy (non-hydrogen) atoms. The highest BCUT2D eigenvalue weighted by Gasteiger charge is 2.14. The molecular weight excluding hydrogens is 300 g/mol. The van der Waals surface area contributed by atoms with Crippen molar-refractivity contribution in [3.8, 4) is 17.0 Å². The third-order valence-corrected chi connectivity index (χ3v) is 4.17. The molecule has 2 aromatic heterocycles. The second kappa shape index (κ2) is 5.92. The van der Waals surface area contributed by atoms with E-state index in [-0.39, 0.29) is 0 Å². The predicted molar refractivity (Wildman–Crippen MR) is 94.3 cm³/mol. The summed E-state index contributed by atoms with van der Waals surface area (Å²) >= 11 is 0. The topological polar surface area (TPSA) is 52.3 Å². The van der Waals surface area contributed by atoms with Gasteiger partial charge in [-0.1, -0.05) is 31.2 Å². The summed E-state index contributed by atoms with van der Waals surface area (Å²) in [7, 11) is 1.67. The molecule has 120 valence electrons. The summed E-state index contributed by atoms with van der Waals surface area (Å²) < 4.78 is 7.14. The van der Waals surface area contributed by atoms with E-state index in [2.05, 4.69) is 29.3 Å². The van der Waals surface area contributed by atoms with Gasteiger partial charge in [0.25, 0.3) is 0 Å². The molecule has 0 radical (unpaired) electrons. The lowest BCUT2D eigenvalue weighted by atomic mass is 10.0. The molecule has 2 aromatic carbocycles. The number of benzene rings is 2. The van der Waals surface area contributed by atoms with Crippen molar-refractivity contribution in [1.82, 2.24) is 19.8 Å². The smallest absolute Gasteiger partial charge is 0.185 e. The van der Waals surface area contributed by atoms with E-state index in [0.29, 0.717) is 0 Å². The lowest BCUT2D eigenvalue weighted by Gasteiger charge is -2.09. The fourth-order valence-electron chi connectivity index (χ4n) is 2.97. The fourth-order valence-corrected chi connectivity index (χ4v) is 2.97. The zero-order valence-electron chi connectivity index (χ0n) is 13.7. The van der Waals surface area contributed by atoms with Crippen LogP contribution in [-0.2, 0) is 6.42 Å². The number of hydrogen-bond donors (Lipinski definition) is 0. The van der Waals surface area contributed by atoms with E-state index in [1.165, 1.54) is 0 Å². The first-order valence-corrected chi connectivity index (χ1v) is 8.09. The zero-order chi connectivity index (χ0) is 16.5. The highest BCUT2D eigenvalue weighted by Crippen LogP contribution is 2.30. The minimum atomic E-state index is 0.811. The van der Waals surface area contributed by atoms with E-state index in [9.17, 15) is 0 Å². The number of methoxy groups -OCH3 is 1. The number of rotatable bonds is 4. The van der Waals surface area contributed by atoms with E-state index < -0.39 is 0 Å². The molecule has 5 heteroatoms. The Kier molecular flexibility index (Phi) is 3.61. The van der Waals surface area contributed by atoms with E-state index in [1.807, 2.05) is 40.9 Å². The van der Waals surface area contributed by atoms with Crippen molar-refractivity contribution < 1.29 is 4.74 Å². The molecule has 0 aliphatic rings. The van der Waals surface area contributed by atoms with Crippen molar-refractivity contribution in [2.24, 2.45) is 0 Å². The molecule has 0 unspecified atom stereocenters. The van der Waals surface area contributed by atoms with Crippen LogP contribution < -0.4 is 4.74 Å². The number of hydrogen-bond acceptors (Lipinski definition) is 4. The molecule has 0 saturated carbocycles. The summed E-state index contributed by atoms with van der Waals surface area (Å²) in [6.07, 6.45) is 1.86. The highest BCUT2D eigenvalue weighted by molar-refractivity contribution is 6.01. The number of fused-ring (bicyclic) bond motifs is 3. The summed E-state index contributed by atoms with van der Waals surface area (Å²) in [4.78, 5) is 0. The van der Waals surface area contributed by atoms with Crippen LogP contribution >= 0.6 is 0 Å². The Balaban J connectivity index is 2.02. The quantitative estimate of drug-likeness (QED) is 0.572. The molecule has 4 aromatic rings. The van der Waals surface area contributed by atoms with Gasteiger partial charge in [-0.05, 0) is 30.7 Å². The molecule has 0 saturated heterocycles. The summed E-state index contributed by atoms with van der Waals surface area (Å²) in [6.45, 7) is 2.13. The van der Waals surface area contributed by atoms with Gasteiger partial charge in [-0.15, -0.1) is 10.2 Å². The number of aromatic nitrogens is 4. The average molecular weight is 318 g/mol. The molecule has 4 rings (SSSR count). The van der Waals surface area contributed by atoms with Gasteiger partial charge in [0.1, 0.15) is 5.75 Å². The van der Waals surface area contributed by atoms with E-state index in [0.717, 1.165) is 52.1 Å². The van der Waals surface area contributed by atoms with Crippen LogP contribution in [0.25, 0.3) is 27.7 Å². The summed E-state index contributed by atoms with van der Waals surface area (Å²) in [5, 5.41) is 15.7. The lowest BCUT2D eigenvalue weighted by Crippen LogP contribution is -2.01. The van der Waals surface area contributed by atoms with Gasteiger partial charge in [0.05, 0.1) is 12.8 Å². The first kappa shape index (κ1) is 14.6. The van der Waals surface area contributed by atoms with Gasteiger partial charge in [0.2, 0.25) is 0 Å². The van der Waals surface area contributed by atoms with Crippen LogP contribution in [0.5, 0.6) is 5.75 Å². The monoisotopic (exact) mass is 318 g/mol. The highest BCUT2D eigenvalue weighted by atomic mass is 16.5. The van der Waals surface area contributed by atoms with Crippen LogP contribution in [0.3, 0.4) is 0 Å². The molecular formula is C19H18N4O. The SMILES string of the molecule is CCCc1nnc2c3ccccc3c(-c3ccc(OC)cc3)nn12. The normalized spacial score (nSPS) is 11.2. The average Bonchev–Trinajstić information content (AvgIpc) is 3.05. The molecule has 5 nitrogen and oxygen atoms in total. The lowest BCUT2D eigenvalue weighted by molar-refractivity contribution is 0.415. The Morgan fingerprint density at radius 1 is 0.958 bits per heavy atom. The molecule has 0 aliphatic heterocycles. The van der Waals surface area contributed by atoms with Gasteiger partial charge < -0.3 is 4.74 Å². The van der Waals surface area contributed by atoms with Crippen LogP contribution in [0.2, 0.25) is 0 Å². The van der Waals surface area contributed by atoms with Crippen molar-refractivity contribution >= 4 is 16.4 Å². The molecule has 0 atom stereocenters. The van der Waals surface area contributed by atoms with Crippen molar-refractivity contribution in [2.75, 3.05) is 7.11 Å². The minimum Gasteiger partial charge on any atom is -0.497 e. The maximum atomic E-state index is 5.26. The second-order valence-electron chi connectivity index (χ2n) is 5.72. The summed E-state index contributed by atoms with van der Waals surface area (Å²) in [5.74, 6) is 1.73. The Labute approximate surface area is 139 Å². The Hall–Kier alpha value is -2.95. The third kappa shape index (κ3) is 2.29. The van der Waals surface area contributed by atoms with E-state index in [1.54, 1.807) is 7.11 Å². The molecule has 0 amide bonds. The third-order valence-electron chi connectivity index (χ3n) is 4.17. The Morgan fingerprint density at radius 3 is 2.42 bits per heavy atom. The summed E-state index contributed by atoms with van der Waals surface area (Å²) in [5.41, 5.74) is 2.79. The van der Waals surface area contributed by atoms with Crippen molar-refractivity contribution in [3.05, 3.63) is 54.4 Å². The van der Waals surface area contributed by atoms with E-state index in [4.69, 9.17) is 9.84 Å². The largest absolute Gasteiger partial charge is 0.497 e. The summed E-state index contributed by atoms with van der Waals surface area (Å²) in [6, 6.07) is 16.2. The number of ether oxygens (including phenoxy) is 1. The predicted octanol–water partition coefficient (Wildman–Crippen LogP) is 3.91. The van der Waals surface area contributed by atoms with Crippen LogP contribution in [-0.4, -0.2) is 26.9 Å². The van der Waals surface area contributed by atoms with Gasteiger partial charge in [0, 0.05) is 22.8 Å². The van der Waals surface area contributed by atoms with Gasteiger partial charge in [0.15, 0.2) is 11.5 Å². The fraction of sp³-hybridized carbons (Fsp3) is 0.211. The standard InChI is InChI=1S/C19H18N4O/c1-3-6-17-20-21-19-16-8-5-4-7-15(16)18(22-23(17)19)13-9-11-14(24-2)12-10-13/h4-5,7-12H,3,6H2,1-2H3. The van der Waals surface area contributed by atoms with Gasteiger partial charge >= 0.3 is 0 Å². The molecule has 0 fully saturated rings. The van der Waals surface area contributed by atoms with Crippen molar-refractivity contribution in [3.63, 3.8) is 0 Å². The van der Waals surface area contributed by atoms with Gasteiger partial charge in [-0.25, -0.2) is 0 Å². The van der Waals surface area contributed by atoms with Crippen LogP contribution in [0, 0.1) is 0 Å². The molecule has 0 bridgehead atoms. The molecule has 2 heterocycles. The van der Waals surface area contributed by atoms with Crippen molar-refractivity contribution in [1.29, 1.82) is 0 Å². The van der Waals surface area contributed by atoms with Gasteiger partial charge in [-0.2, -0.15) is 9.61 Å².